The summed E-state index contributed by atoms with van der Waals surface area (Å²) in [5, 5.41) is 19.1. The largest absolute Gasteiger partial charge is 0.477 e. The predicted octanol–water partition coefficient (Wildman–Crippen LogP) is 1.93. The van der Waals surface area contributed by atoms with Crippen LogP contribution in [0.4, 0.5) is 0 Å². The summed E-state index contributed by atoms with van der Waals surface area (Å²) < 4.78 is 0. The highest BCUT2D eigenvalue weighted by atomic mass is 32.1. The lowest BCUT2D eigenvalue weighted by Crippen LogP contribution is -2.26. The molecule has 0 aromatic carbocycles. The summed E-state index contributed by atoms with van der Waals surface area (Å²) in [5.41, 5.74) is 1.65. The maximum atomic E-state index is 12.1. The third-order valence-corrected chi connectivity index (χ3v) is 4.30. The molecule has 2 aromatic rings. The Morgan fingerprint density at radius 3 is 2.76 bits per heavy atom. The Morgan fingerprint density at radius 1 is 1.52 bits per heavy atom. The number of hydrogen-bond donors (Lipinski definition) is 3. The number of H-pyrrole nitrogens is 1. The zero-order chi connectivity index (χ0) is 15.6. The van der Waals surface area contributed by atoms with E-state index in [1.54, 1.807) is 19.9 Å². The molecule has 0 radical (unpaired) electrons. The van der Waals surface area contributed by atoms with E-state index in [0.717, 1.165) is 23.5 Å². The van der Waals surface area contributed by atoms with Crippen molar-refractivity contribution in [3.63, 3.8) is 0 Å². The van der Waals surface area contributed by atoms with Crippen molar-refractivity contribution >= 4 is 23.2 Å². The fraction of sp³-hybridized carbons (Fsp3) is 0.385. The molecular weight excluding hydrogens is 292 g/mol. The Hall–Kier alpha value is -2.22. The average Bonchev–Trinajstić information content (AvgIpc) is 3.04. The molecule has 2 aromatic heterocycles. The van der Waals surface area contributed by atoms with Gasteiger partial charge in [-0.05, 0) is 26.3 Å². The van der Waals surface area contributed by atoms with Gasteiger partial charge in [0.1, 0.15) is 15.6 Å². The van der Waals surface area contributed by atoms with Crippen LogP contribution in [-0.2, 0) is 6.42 Å². The number of aryl methyl sites for hydroxylation is 2. The van der Waals surface area contributed by atoms with Crippen LogP contribution >= 0.6 is 11.3 Å². The van der Waals surface area contributed by atoms with E-state index in [0.29, 0.717) is 16.4 Å². The molecule has 2 heterocycles. The maximum Gasteiger partial charge on any atom is 0.347 e. The molecule has 1 amide bonds. The summed E-state index contributed by atoms with van der Waals surface area (Å²) in [6.07, 6.45) is 0.767. The van der Waals surface area contributed by atoms with Crippen molar-refractivity contribution in [1.82, 2.24) is 20.5 Å². The van der Waals surface area contributed by atoms with Gasteiger partial charge in [-0.2, -0.15) is 5.10 Å². The van der Waals surface area contributed by atoms with Crippen LogP contribution in [0.5, 0.6) is 0 Å². The number of aromatic amines is 1. The van der Waals surface area contributed by atoms with Crippen LogP contribution in [0.3, 0.4) is 0 Å². The van der Waals surface area contributed by atoms with E-state index in [1.165, 1.54) is 0 Å². The zero-order valence-electron chi connectivity index (χ0n) is 11.9. The number of nitrogens with one attached hydrogen (secondary N) is 2. The van der Waals surface area contributed by atoms with Crippen LogP contribution in [0.1, 0.15) is 56.4 Å². The van der Waals surface area contributed by atoms with Gasteiger partial charge in [-0.15, -0.1) is 11.3 Å². The van der Waals surface area contributed by atoms with Crippen LogP contribution in [0.25, 0.3) is 0 Å². The van der Waals surface area contributed by atoms with E-state index < -0.39 is 5.97 Å². The molecule has 0 saturated heterocycles. The summed E-state index contributed by atoms with van der Waals surface area (Å²) in [6, 6.07) is 1.31. The van der Waals surface area contributed by atoms with Gasteiger partial charge in [-0.1, -0.05) is 6.92 Å². The van der Waals surface area contributed by atoms with Crippen LogP contribution in [-0.4, -0.2) is 32.2 Å². The summed E-state index contributed by atoms with van der Waals surface area (Å²) >= 11 is 1.07. The standard InChI is InChI=1S/C13H16N4O3S/c1-4-8-5-9(17-16-8)11(18)14-7(3)12-15-6(2)10(21-12)13(19)20/h5,7H,4H2,1-3H3,(H,14,18)(H,16,17)(H,19,20). The smallest absolute Gasteiger partial charge is 0.347 e. The molecule has 1 unspecified atom stereocenters. The minimum Gasteiger partial charge on any atom is -0.477 e. The number of rotatable bonds is 5. The minimum atomic E-state index is -1.00. The number of hydrogen-bond acceptors (Lipinski definition) is 5. The van der Waals surface area contributed by atoms with Crippen molar-refractivity contribution in [1.29, 1.82) is 0 Å². The van der Waals surface area contributed by atoms with Crippen molar-refractivity contribution in [2.45, 2.75) is 33.2 Å². The highest BCUT2D eigenvalue weighted by Crippen LogP contribution is 2.23. The molecular formula is C13H16N4O3S. The fourth-order valence-corrected chi connectivity index (χ4v) is 2.70. The first kappa shape index (κ1) is 15.2. The Kier molecular flexibility index (Phi) is 4.37. The molecule has 7 nitrogen and oxygen atoms in total. The molecule has 21 heavy (non-hydrogen) atoms. The van der Waals surface area contributed by atoms with Crippen molar-refractivity contribution in [3.05, 3.63) is 33.0 Å². The monoisotopic (exact) mass is 308 g/mol. The van der Waals surface area contributed by atoms with Crippen LogP contribution in [0, 0.1) is 6.92 Å². The number of carbonyl (C=O) groups is 2. The van der Waals surface area contributed by atoms with E-state index in [-0.39, 0.29) is 16.8 Å². The van der Waals surface area contributed by atoms with Crippen LogP contribution < -0.4 is 5.32 Å². The number of carboxylic acid groups (broad SMARTS) is 1. The van der Waals surface area contributed by atoms with E-state index in [2.05, 4.69) is 20.5 Å². The SMILES string of the molecule is CCc1cc(C(=O)NC(C)c2nc(C)c(C(=O)O)s2)n[nH]1. The van der Waals surface area contributed by atoms with Crippen molar-refractivity contribution < 1.29 is 14.7 Å². The van der Waals surface area contributed by atoms with E-state index in [9.17, 15) is 9.59 Å². The molecule has 8 heteroatoms. The van der Waals surface area contributed by atoms with Gasteiger partial charge in [-0.25, -0.2) is 9.78 Å². The second kappa shape index (κ2) is 6.04. The minimum absolute atomic E-state index is 0.194. The van der Waals surface area contributed by atoms with Gasteiger partial charge in [0, 0.05) is 5.69 Å². The third kappa shape index (κ3) is 3.27. The molecule has 2 rings (SSSR count). The lowest BCUT2D eigenvalue weighted by atomic mass is 10.2. The third-order valence-electron chi connectivity index (χ3n) is 2.97. The van der Waals surface area contributed by atoms with Gasteiger partial charge in [0.15, 0.2) is 0 Å². The molecule has 0 aliphatic heterocycles. The molecule has 3 N–H and O–H groups in total. The molecule has 0 spiro atoms. The van der Waals surface area contributed by atoms with Gasteiger partial charge in [-0.3, -0.25) is 9.89 Å². The number of aromatic carboxylic acids is 1. The second-order valence-corrected chi connectivity index (χ2v) is 5.63. The topological polar surface area (TPSA) is 108 Å². The van der Waals surface area contributed by atoms with Gasteiger partial charge in [0.25, 0.3) is 5.91 Å². The van der Waals surface area contributed by atoms with Gasteiger partial charge >= 0.3 is 5.97 Å². The number of nitrogens with zero attached hydrogens (tertiary/aromatic N) is 2. The lowest BCUT2D eigenvalue weighted by Gasteiger charge is -2.09. The Morgan fingerprint density at radius 2 is 2.24 bits per heavy atom. The van der Waals surface area contributed by atoms with Crippen LogP contribution in [0.2, 0.25) is 0 Å². The van der Waals surface area contributed by atoms with E-state index in [1.807, 2.05) is 6.92 Å². The molecule has 0 aliphatic carbocycles. The molecule has 0 saturated carbocycles. The Balaban J connectivity index is 2.10. The van der Waals surface area contributed by atoms with Crippen molar-refractivity contribution in [3.8, 4) is 0 Å². The summed E-state index contributed by atoms with van der Waals surface area (Å²) in [7, 11) is 0. The zero-order valence-corrected chi connectivity index (χ0v) is 12.7. The van der Waals surface area contributed by atoms with Crippen molar-refractivity contribution in [2.24, 2.45) is 0 Å². The molecule has 0 fully saturated rings. The highest BCUT2D eigenvalue weighted by Gasteiger charge is 2.20. The van der Waals surface area contributed by atoms with Gasteiger partial charge in [0.05, 0.1) is 11.7 Å². The van der Waals surface area contributed by atoms with Gasteiger partial charge in [0.2, 0.25) is 0 Å². The Labute approximate surface area is 125 Å². The number of thiazole rings is 1. The number of carbonyl (C=O) groups excluding carboxylic acids is 1. The quantitative estimate of drug-likeness (QED) is 0.782. The van der Waals surface area contributed by atoms with Gasteiger partial charge < -0.3 is 10.4 Å². The fourth-order valence-electron chi connectivity index (χ4n) is 1.79. The van der Waals surface area contributed by atoms with Crippen molar-refractivity contribution in [2.75, 3.05) is 0 Å². The summed E-state index contributed by atoms with van der Waals surface area (Å²) in [5.74, 6) is -1.32. The summed E-state index contributed by atoms with van der Waals surface area (Å²) in [4.78, 5) is 27.4. The van der Waals surface area contributed by atoms with Crippen LogP contribution in [0.15, 0.2) is 6.07 Å². The van der Waals surface area contributed by atoms with E-state index >= 15 is 0 Å². The second-order valence-electron chi connectivity index (χ2n) is 4.60. The lowest BCUT2D eigenvalue weighted by molar-refractivity contribution is 0.0701. The number of aromatic nitrogens is 3. The average molecular weight is 308 g/mol. The highest BCUT2D eigenvalue weighted by molar-refractivity contribution is 7.13. The first-order chi connectivity index (χ1) is 9.92. The number of carboxylic acids is 1. The summed E-state index contributed by atoms with van der Waals surface area (Å²) in [6.45, 7) is 5.36. The normalized spacial score (nSPS) is 12.1. The molecule has 0 aliphatic rings. The molecule has 1 atom stereocenters. The molecule has 0 bridgehead atoms. The Bertz CT molecular complexity index is 677. The maximum absolute atomic E-state index is 12.1. The molecule has 112 valence electrons. The first-order valence-corrected chi connectivity index (χ1v) is 7.29. The predicted molar refractivity (Wildman–Crippen MR) is 77.7 cm³/mol. The van der Waals surface area contributed by atoms with E-state index in [4.69, 9.17) is 5.11 Å². The first-order valence-electron chi connectivity index (χ1n) is 6.48. The number of amides is 1.